The second kappa shape index (κ2) is 3.66. The maximum absolute atomic E-state index is 11.0. The van der Waals surface area contributed by atoms with Crippen molar-refractivity contribution in [3.05, 3.63) is 32.6 Å². The molecule has 1 heterocycles. The van der Waals surface area contributed by atoms with Crippen molar-refractivity contribution in [2.24, 2.45) is 4.99 Å². The van der Waals surface area contributed by atoms with E-state index in [4.69, 9.17) is 0 Å². The normalized spacial score (nSPS) is 9.67. The molecular formula is C7H9N3O2. The Morgan fingerprint density at radius 1 is 1.50 bits per heavy atom. The Morgan fingerprint density at radius 2 is 2.25 bits per heavy atom. The lowest BCUT2D eigenvalue weighted by atomic mass is 10.2. The fourth-order valence-corrected chi connectivity index (χ4v) is 0.823. The molecule has 0 spiro atoms. The summed E-state index contributed by atoms with van der Waals surface area (Å²) in [7, 11) is 0. The van der Waals surface area contributed by atoms with Gasteiger partial charge in [-0.2, -0.15) is 0 Å². The average Bonchev–Trinajstić information content (AvgIpc) is 2.03. The van der Waals surface area contributed by atoms with Crippen molar-refractivity contribution in [1.82, 2.24) is 9.97 Å². The number of nitrogens with zero attached hydrogens (tertiary/aromatic N) is 1. The number of nitrogens with one attached hydrogen (secondary N) is 2. The molecule has 0 saturated heterocycles. The van der Waals surface area contributed by atoms with Gasteiger partial charge in [0.1, 0.15) is 0 Å². The quantitative estimate of drug-likeness (QED) is 0.584. The standard InChI is InChI=1S/C7H9N3O2/c1-8-3-2-5-4-9-7(12)10-6(5)11/h4H,1-3H2,(H2,9,10,11,12). The van der Waals surface area contributed by atoms with E-state index in [1.807, 2.05) is 0 Å². The molecule has 0 atom stereocenters. The van der Waals surface area contributed by atoms with Crippen molar-refractivity contribution >= 4 is 6.72 Å². The molecule has 2 N–H and O–H groups in total. The first-order valence-corrected chi connectivity index (χ1v) is 3.47. The molecule has 0 radical (unpaired) electrons. The van der Waals surface area contributed by atoms with Crippen LogP contribution in [-0.4, -0.2) is 23.2 Å². The summed E-state index contributed by atoms with van der Waals surface area (Å²) in [6.45, 7) is 3.77. The van der Waals surface area contributed by atoms with Crippen LogP contribution in [0.5, 0.6) is 0 Å². The molecule has 0 bridgehead atoms. The maximum atomic E-state index is 11.0. The van der Waals surface area contributed by atoms with E-state index in [0.717, 1.165) is 0 Å². The lowest BCUT2D eigenvalue weighted by Crippen LogP contribution is -2.24. The highest BCUT2D eigenvalue weighted by Crippen LogP contribution is 1.86. The number of rotatable bonds is 3. The summed E-state index contributed by atoms with van der Waals surface area (Å²) >= 11 is 0. The second-order valence-corrected chi connectivity index (χ2v) is 2.29. The van der Waals surface area contributed by atoms with Crippen molar-refractivity contribution < 1.29 is 0 Å². The van der Waals surface area contributed by atoms with Gasteiger partial charge in [0.2, 0.25) is 0 Å². The predicted molar refractivity (Wildman–Crippen MR) is 45.8 cm³/mol. The van der Waals surface area contributed by atoms with Crippen LogP contribution in [0.3, 0.4) is 0 Å². The Morgan fingerprint density at radius 3 is 2.83 bits per heavy atom. The minimum Gasteiger partial charge on any atom is -0.314 e. The highest BCUT2D eigenvalue weighted by Gasteiger charge is 1.97. The third-order valence-corrected chi connectivity index (χ3v) is 1.44. The third kappa shape index (κ3) is 1.91. The molecule has 0 aliphatic heterocycles. The summed E-state index contributed by atoms with van der Waals surface area (Å²) < 4.78 is 0. The lowest BCUT2D eigenvalue weighted by molar-refractivity contribution is 0.907. The Kier molecular flexibility index (Phi) is 2.57. The number of aromatic amines is 2. The largest absolute Gasteiger partial charge is 0.325 e. The molecule has 0 aromatic carbocycles. The van der Waals surface area contributed by atoms with Gasteiger partial charge in [0.15, 0.2) is 0 Å². The molecule has 0 aliphatic rings. The molecule has 1 aromatic heterocycles. The maximum Gasteiger partial charge on any atom is 0.325 e. The summed E-state index contributed by atoms with van der Waals surface area (Å²) in [5.74, 6) is 0. The average molecular weight is 167 g/mol. The SMILES string of the molecule is C=NCCc1c[nH]c(=O)[nH]c1=O. The van der Waals surface area contributed by atoms with Gasteiger partial charge in [0, 0.05) is 18.3 Å². The van der Waals surface area contributed by atoms with Gasteiger partial charge in [0.25, 0.3) is 5.56 Å². The van der Waals surface area contributed by atoms with Crippen LogP contribution in [0.2, 0.25) is 0 Å². The predicted octanol–water partition coefficient (Wildman–Crippen LogP) is -0.694. The summed E-state index contributed by atoms with van der Waals surface area (Å²) in [5.41, 5.74) is -0.334. The van der Waals surface area contributed by atoms with E-state index in [-0.39, 0.29) is 5.56 Å². The molecule has 1 rings (SSSR count). The Bertz CT molecular complexity index is 377. The number of H-pyrrole nitrogens is 2. The van der Waals surface area contributed by atoms with Crippen LogP contribution in [0, 0.1) is 0 Å². The van der Waals surface area contributed by atoms with Crippen molar-refractivity contribution in [2.75, 3.05) is 6.54 Å². The molecule has 64 valence electrons. The first-order chi connectivity index (χ1) is 5.74. The molecule has 0 amide bonds. The van der Waals surface area contributed by atoms with Crippen LogP contribution >= 0.6 is 0 Å². The van der Waals surface area contributed by atoms with E-state index in [1.165, 1.54) is 6.20 Å². The van der Waals surface area contributed by atoms with E-state index in [0.29, 0.717) is 18.5 Å². The zero-order valence-corrected chi connectivity index (χ0v) is 6.46. The summed E-state index contributed by atoms with van der Waals surface area (Å²) in [6.07, 6.45) is 1.89. The van der Waals surface area contributed by atoms with Crippen LogP contribution in [0.1, 0.15) is 5.56 Å². The Balaban J connectivity index is 2.94. The van der Waals surface area contributed by atoms with Crippen molar-refractivity contribution in [1.29, 1.82) is 0 Å². The number of hydrogen-bond acceptors (Lipinski definition) is 3. The molecule has 0 unspecified atom stereocenters. The van der Waals surface area contributed by atoms with E-state index in [9.17, 15) is 9.59 Å². The van der Waals surface area contributed by atoms with Crippen molar-refractivity contribution in [3.63, 3.8) is 0 Å². The van der Waals surface area contributed by atoms with Gasteiger partial charge in [0.05, 0.1) is 0 Å². The van der Waals surface area contributed by atoms with E-state index in [2.05, 4.69) is 21.7 Å². The smallest absolute Gasteiger partial charge is 0.314 e. The molecule has 0 fully saturated rings. The van der Waals surface area contributed by atoms with Crippen molar-refractivity contribution in [2.45, 2.75) is 6.42 Å². The first-order valence-electron chi connectivity index (χ1n) is 3.47. The minimum atomic E-state index is -0.490. The van der Waals surface area contributed by atoms with Crippen LogP contribution in [0.15, 0.2) is 20.8 Å². The fourth-order valence-electron chi connectivity index (χ4n) is 0.823. The van der Waals surface area contributed by atoms with Gasteiger partial charge in [-0.05, 0) is 13.1 Å². The molecule has 0 saturated carbocycles. The second-order valence-electron chi connectivity index (χ2n) is 2.29. The van der Waals surface area contributed by atoms with Crippen LogP contribution in [0.4, 0.5) is 0 Å². The van der Waals surface area contributed by atoms with E-state index >= 15 is 0 Å². The molecule has 1 aromatic rings. The van der Waals surface area contributed by atoms with Gasteiger partial charge >= 0.3 is 5.69 Å². The molecule has 12 heavy (non-hydrogen) atoms. The highest BCUT2D eigenvalue weighted by atomic mass is 16.2. The summed E-state index contributed by atoms with van der Waals surface area (Å²) in [4.78, 5) is 29.7. The van der Waals surface area contributed by atoms with Crippen LogP contribution < -0.4 is 11.2 Å². The zero-order chi connectivity index (χ0) is 8.97. The van der Waals surface area contributed by atoms with Crippen molar-refractivity contribution in [3.8, 4) is 0 Å². The molecule has 0 aliphatic carbocycles. The lowest BCUT2D eigenvalue weighted by Gasteiger charge is -1.93. The fraction of sp³-hybridized carbons (Fsp3) is 0.286. The summed E-state index contributed by atoms with van der Waals surface area (Å²) in [5, 5.41) is 0. The molecule has 5 nitrogen and oxygen atoms in total. The third-order valence-electron chi connectivity index (χ3n) is 1.44. The highest BCUT2D eigenvalue weighted by molar-refractivity contribution is 5.23. The van der Waals surface area contributed by atoms with Gasteiger partial charge in [-0.15, -0.1) is 0 Å². The molecular weight excluding hydrogens is 158 g/mol. The number of hydrogen-bond donors (Lipinski definition) is 2. The van der Waals surface area contributed by atoms with E-state index in [1.54, 1.807) is 0 Å². The van der Waals surface area contributed by atoms with Gasteiger partial charge in [-0.3, -0.25) is 9.78 Å². The Hall–Kier alpha value is -1.65. The molecule has 5 heteroatoms. The monoisotopic (exact) mass is 167 g/mol. The van der Waals surface area contributed by atoms with Crippen LogP contribution in [-0.2, 0) is 6.42 Å². The van der Waals surface area contributed by atoms with E-state index < -0.39 is 5.69 Å². The first kappa shape index (κ1) is 8.45. The Labute approximate surface area is 68.2 Å². The van der Waals surface area contributed by atoms with Gasteiger partial charge in [-0.1, -0.05) is 0 Å². The topological polar surface area (TPSA) is 78.1 Å². The number of aromatic nitrogens is 2. The number of aliphatic imine (C=N–C) groups is 1. The van der Waals surface area contributed by atoms with Crippen LogP contribution in [0.25, 0.3) is 0 Å². The minimum absolute atomic E-state index is 0.359. The van der Waals surface area contributed by atoms with Gasteiger partial charge in [-0.25, -0.2) is 4.79 Å². The van der Waals surface area contributed by atoms with Gasteiger partial charge < -0.3 is 9.98 Å². The summed E-state index contributed by atoms with van der Waals surface area (Å²) in [6, 6.07) is 0. The zero-order valence-electron chi connectivity index (χ0n) is 6.46.